The van der Waals surface area contributed by atoms with E-state index in [1.54, 1.807) is 13.0 Å². The second kappa shape index (κ2) is 9.10. The number of amides is 1. The molecule has 0 bridgehead atoms. The minimum Gasteiger partial charge on any atom is -0.494 e. The predicted octanol–water partition coefficient (Wildman–Crippen LogP) is 3.17. The number of carbonyl (C=O) groups excluding carboxylic acids is 1. The number of aryl methyl sites for hydroxylation is 2. The van der Waals surface area contributed by atoms with Crippen molar-refractivity contribution in [2.24, 2.45) is 0 Å². The van der Waals surface area contributed by atoms with E-state index in [0.29, 0.717) is 12.3 Å². The van der Waals surface area contributed by atoms with Gasteiger partial charge in [0.25, 0.3) is 0 Å². The molecule has 0 radical (unpaired) electrons. The van der Waals surface area contributed by atoms with Crippen molar-refractivity contribution in [2.75, 3.05) is 17.2 Å². The van der Waals surface area contributed by atoms with Crippen molar-refractivity contribution in [1.82, 2.24) is 5.32 Å². The zero-order valence-corrected chi connectivity index (χ0v) is 17.8. The van der Waals surface area contributed by atoms with Crippen LogP contribution in [0.2, 0.25) is 0 Å². The van der Waals surface area contributed by atoms with Crippen LogP contribution in [0.5, 0.6) is 5.75 Å². The van der Waals surface area contributed by atoms with Crippen molar-refractivity contribution in [1.29, 1.82) is 0 Å². The molecule has 2 aromatic carbocycles. The molecule has 0 saturated carbocycles. The van der Waals surface area contributed by atoms with Crippen LogP contribution in [0.3, 0.4) is 0 Å². The van der Waals surface area contributed by atoms with E-state index in [4.69, 9.17) is 4.74 Å². The number of anilines is 1. The van der Waals surface area contributed by atoms with Crippen LogP contribution in [0.25, 0.3) is 0 Å². The Morgan fingerprint density at radius 3 is 2.54 bits per heavy atom. The summed E-state index contributed by atoms with van der Waals surface area (Å²) in [6.45, 7) is 8.06. The average molecular weight is 405 g/mol. The smallest absolute Gasteiger partial charge is 0.243 e. The fourth-order valence-electron chi connectivity index (χ4n) is 2.99. The van der Waals surface area contributed by atoms with E-state index in [0.717, 1.165) is 28.7 Å². The topological polar surface area (TPSA) is 75.7 Å². The van der Waals surface area contributed by atoms with Crippen molar-refractivity contribution >= 4 is 21.6 Å². The molecule has 0 heterocycles. The molecule has 2 rings (SSSR count). The van der Waals surface area contributed by atoms with E-state index in [2.05, 4.69) is 5.32 Å². The van der Waals surface area contributed by atoms with Crippen LogP contribution in [-0.2, 0) is 21.4 Å². The van der Waals surface area contributed by atoms with Crippen molar-refractivity contribution < 1.29 is 17.9 Å². The molecule has 0 aliphatic carbocycles. The normalized spacial score (nSPS) is 12.3. The number of sulfonamides is 1. The lowest BCUT2D eigenvalue weighted by molar-refractivity contribution is -0.122. The Morgan fingerprint density at radius 2 is 1.89 bits per heavy atom. The Bertz CT molecular complexity index is 941. The number of hydrogen-bond acceptors (Lipinski definition) is 4. The first-order valence-electron chi connectivity index (χ1n) is 9.19. The highest BCUT2D eigenvalue weighted by Crippen LogP contribution is 2.26. The average Bonchev–Trinajstić information content (AvgIpc) is 2.62. The molecule has 1 amide bonds. The van der Waals surface area contributed by atoms with Gasteiger partial charge >= 0.3 is 0 Å². The van der Waals surface area contributed by atoms with Gasteiger partial charge in [0, 0.05) is 6.54 Å². The predicted molar refractivity (Wildman–Crippen MR) is 112 cm³/mol. The van der Waals surface area contributed by atoms with E-state index >= 15 is 0 Å². The SMILES string of the molecule is CCOc1cccc(CNC(=O)C(C)N(c2cc(C)ccc2C)S(C)(=O)=O)c1. The van der Waals surface area contributed by atoms with Crippen LogP contribution in [0.15, 0.2) is 42.5 Å². The summed E-state index contributed by atoms with van der Waals surface area (Å²) >= 11 is 0. The van der Waals surface area contributed by atoms with Gasteiger partial charge in [-0.1, -0.05) is 24.3 Å². The number of nitrogens with zero attached hydrogens (tertiary/aromatic N) is 1. The summed E-state index contributed by atoms with van der Waals surface area (Å²) in [5.41, 5.74) is 3.11. The highest BCUT2D eigenvalue weighted by atomic mass is 32.2. The number of hydrogen-bond donors (Lipinski definition) is 1. The Morgan fingerprint density at radius 1 is 1.18 bits per heavy atom. The van der Waals surface area contributed by atoms with Gasteiger partial charge in [0.1, 0.15) is 11.8 Å². The number of ether oxygens (including phenoxy) is 1. The molecule has 152 valence electrons. The van der Waals surface area contributed by atoms with Crippen molar-refractivity contribution in [3.63, 3.8) is 0 Å². The van der Waals surface area contributed by atoms with Gasteiger partial charge in [-0.25, -0.2) is 8.42 Å². The summed E-state index contributed by atoms with van der Waals surface area (Å²) in [6.07, 6.45) is 1.12. The number of benzene rings is 2. The molecule has 6 nitrogen and oxygen atoms in total. The maximum Gasteiger partial charge on any atom is 0.243 e. The third-order valence-electron chi connectivity index (χ3n) is 4.37. The zero-order chi connectivity index (χ0) is 20.9. The molecule has 1 N–H and O–H groups in total. The van der Waals surface area contributed by atoms with Gasteiger partial charge in [0.15, 0.2) is 0 Å². The van der Waals surface area contributed by atoms with Crippen molar-refractivity contribution in [3.05, 3.63) is 59.2 Å². The monoisotopic (exact) mass is 404 g/mol. The fraction of sp³-hybridized carbons (Fsp3) is 0.381. The van der Waals surface area contributed by atoms with Crippen molar-refractivity contribution in [3.8, 4) is 5.75 Å². The third-order valence-corrected chi connectivity index (χ3v) is 5.59. The molecule has 0 saturated heterocycles. The van der Waals surface area contributed by atoms with Gasteiger partial charge in [-0.2, -0.15) is 0 Å². The van der Waals surface area contributed by atoms with Gasteiger partial charge in [0.2, 0.25) is 15.9 Å². The number of carbonyl (C=O) groups is 1. The largest absolute Gasteiger partial charge is 0.494 e. The molecule has 7 heteroatoms. The van der Waals surface area contributed by atoms with Gasteiger partial charge in [-0.05, 0) is 62.6 Å². The molecule has 28 heavy (non-hydrogen) atoms. The van der Waals surface area contributed by atoms with E-state index in [-0.39, 0.29) is 12.5 Å². The van der Waals surface area contributed by atoms with E-state index in [1.807, 2.05) is 57.2 Å². The fourth-order valence-corrected chi connectivity index (χ4v) is 4.21. The first-order chi connectivity index (χ1) is 13.1. The first kappa shape index (κ1) is 21.8. The second-order valence-corrected chi connectivity index (χ2v) is 8.68. The van der Waals surface area contributed by atoms with Crippen LogP contribution in [-0.4, -0.2) is 33.2 Å². The number of rotatable bonds is 8. The molecule has 0 aromatic heterocycles. The molecule has 0 aliphatic heterocycles. The highest BCUT2D eigenvalue weighted by Gasteiger charge is 2.30. The van der Waals surface area contributed by atoms with E-state index < -0.39 is 16.1 Å². The minimum absolute atomic E-state index is 0.286. The van der Waals surface area contributed by atoms with E-state index in [9.17, 15) is 13.2 Å². The zero-order valence-electron chi connectivity index (χ0n) is 17.0. The standard InChI is InChI=1S/C21H28N2O4S/c1-6-27-19-9-7-8-18(13-19)14-22-21(24)17(4)23(28(5,25)26)20-12-15(2)10-11-16(20)3/h7-13,17H,6,14H2,1-5H3,(H,22,24). The summed E-state index contributed by atoms with van der Waals surface area (Å²) in [6, 6.07) is 12.1. The maximum atomic E-state index is 12.7. The Balaban J connectivity index is 2.20. The third kappa shape index (κ3) is 5.48. The van der Waals surface area contributed by atoms with Gasteiger partial charge in [-0.15, -0.1) is 0 Å². The Hall–Kier alpha value is -2.54. The summed E-state index contributed by atoms with van der Waals surface area (Å²) in [4.78, 5) is 12.7. The molecule has 2 aromatic rings. The second-order valence-electron chi connectivity index (χ2n) is 6.82. The van der Waals surface area contributed by atoms with Crippen LogP contribution in [0, 0.1) is 13.8 Å². The quantitative estimate of drug-likeness (QED) is 0.733. The lowest BCUT2D eigenvalue weighted by Gasteiger charge is -2.29. The van der Waals surface area contributed by atoms with Crippen molar-refractivity contribution in [2.45, 2.75) is 40.3 Å². The van der Waals surface area contributed by atoms with Crippen LogP contribution in [0.4, 0.5) is 5.69 Å². The molecule has 1 atom stereocenters. The Labute approximate surface area is 167 Å². The molecule has 0 fully saturated rings. The van der Waals surface area contributed by atoms with Gasteiger partial charge in [-0.3, -0.25) is 9.10 Å². The summed E-state index contributed by atoms with van der Waals surface area (Å²) in [7, 11) is -3.65. The highest BCUT2D eigenvalue weighted by molar-refractivity contribution is 7.92. The lowest BCUT2D eigenvalue weighted by atomic mass is 10.1. The molecular weight excluding hydrogens is 376 g/mol. The summed E-state index contributed by atoms with van der Waals surface area (Å²) in [5.74, 6) is 0.364. The number of nitrogens with one attached hydrogen (secondary N) is 1. The van der Waals surface area contributed by atoms with Gasteiger partial charge in [0.05, 0.1) is 18.6 Å². The molecule has 0 spiro atoms. The Kier molecular flexibility index (Phi) is 7.07. The molecular formula is C21H28N2O4S. The minimum atomic E-state index is -3.65. The van der Waals surface area contributed by atoms with Crippen LogP contribution >= 0.6 is 0 Å². The first-order valence-corrected chi connectivity index (χ1v) is 11.0. The maximum absolute atomic E-state index is 12.7. The van der Waals surface area contributed by atoms with Crippen LogP contribution < -0.4 is 14.4 Å². The molecule has 1 unspecified atom stereocenters. The lowest BCUT2D eigenvalue weighted by Crippen LogP contribution is -2.48. The van der Waals surface area contributed by atoms with E-state index in [1.165, 1.54) is 4.31 Å². The summed E-state index contributed by atoms with van der Waals surface area (Å²) in [5, 5.41) is 2.82. The molecule has 0 aliphatic rings. The van der Waals surface area contributed by atoms with Crippen LogP contribution in [0.1, 0.15) is 30.5 Å². The summed E-state index contributed by atoms with van der Waals surface area (Å²) < 4.78 is 31.6. The van der Waals surface area contributed by atoms with Gasteiger partial charge < -0.3 is 10.1 Å².